The summed E-state index contributed by atoms with van der Waals surface area (Å²) < 4.78 is 0. The largest absolute Gasteiger partial charge is 0.394 e. The second-order valence-electron chi connectivity index (χ2n) is 4.63. The molecule has 96 valence electrons. The zero-order chi connectivity index (χ0) is 13.0. The molecule has 1 aliphatic rings. The summed E-state index contributed by atoms with van der Waals surface area (Å²) in [4.78, 5) is 13.8. The van der Waals surface area contributed by atoms with Gasteiger partial charge in [-0.25, -0.2) is 0 Å². The van der Waals surface area contributed by atoms with Crippen LogP contribution in [0, 0.1) is 0 Å². The lowest BCUT2D eigenvalue weighted by Crippen LogP contribution is -2.38. The van der Waals surface area contributed by atoms with E-state index >= 15 is 0 Å². The molecule has 18 heavy (non-hydrogen) atoms. The van der Waals surface area contributed by atoms with Gasteiger partial charge in [0.2, 0.25) is 5.91 Å². The summed E-state index contributed by atoms with van der Waals surface area (Å²) in [5, 5.41) is 9.62. The van der Waals surface area contributed by atoms with E-state index < -0.39 is 0 Å². The van der Waals surface area contributed by atoms with E-state index in [9.17, 15) is 9.90 Å². The monoisotopic (exact) mass is 245 g/mol. The molecule has 0 bridgehead atoms. The first-order valence-corrected chi connectivity index (χ1v) is 6.35. The van der Waals surface area contributed by atoms with Gasteiger partial charge in [-0.2, -0.15) is 0 Å². The van der Waals surface area contributed by atoms with Gasteiger partial charge in [0.05, 0.1) is 12.6 Å². The second-order valence-corrected chi connectivity index (χ2v) is 4.63. The van der Waals surface area contributed by atoms with Crippen LogP contribution in [-0.4, -0.2) is 28.6 Å². The zero-order valence-corrected chi connectivity index (χ0v) is 10.5. The fraction of sp³-hybridized carbons (Fsp3) is 0.400. The molecular formula is C15H19NO2. The van der Waals surface area contributed by atoms with Crippen LogP contribution < -0.4 is 0 Å². The fourth-order valence-electron chi connectivity index (χ4n) is 2.64. The van der Waals surface area contributed by atoms with Crippen molar-refractivity contribution in [3.05, 3.63) is 48.6 Å². The minimum absolute atomic E-state index is 0.0383. The summed E-state index contributed by atoms with van der Waals surface area (Å²) in [6.45, 7) is 3.70. The van der Waals surface area contributed by atoms with Crippen molar-refractivity contribution in [3.8, 4) is 0 Å². The van der Waals surface area contributed by atoms with Crippen molar-refractivity contribution in [1.29, 1.82) is 0 Å². The Morgan fingerprint density at radius 3 is 2.78 bits per heavy atom. The number of amides is 1. The van der Waals surface area contributed by atoms with Crippen LogP contribution in [0.5, 0.6) is 0 Å². The van der Waals surface area contributed by atoms with Crippen LogP contribution in [0.2, 0.25) is 0 Å². The van der Waals surface area contributed by atoms with Gasteiger partial charge in [-0.3, -0.25) is 4.79 Å². The maximum absolute atomic E-state index is 12.0. The Balaban J connectivity index is 2.25. The quantitative estimate of drug-likeness (QED) is 0.809. The van der Waals surface area contributed by atoms with Crippen LogP contribution in [0.4, 0.5) is 0 Å². The lowest BCUT2D eigenvalue weighted by atomic mass is 10.0. The minimum Gasteiger partial charge on any atom is -0.394 e. The molecule has 1 amide bonds. The summed E-state index contributed by atoms with van der Waals surface area (Å²) in [6.07, 6.45) is 4.06. The minimum atomic E-state index is -0.230. The molecule has 0 radical (unpaired) electrons. The summed E-state index contributed by atoms with van der Waals surface area (Å²) in [5.74, 6) is 0.129. The van der Waals surface area contributed by atoms with E-state index in [1.807, 2.05) is 41.3 Å². The number of aliphatic hydroxyl groups excluding tert-OH is 1. The van der Waals surface area contributed by atoms with Crippen molar-refractivity contribution in [2.75, 3.05) is 6.61 Å². The number of aliphatic hydroxyl groups is 1. The maximum Gasteiger partial charge on any atom is 0.223 e. The third-order valence-corrected chi connectivity index (χ3v) is 3.50. The Labute approximate surface area is 108 Å². The Hall–Kier alpha value is -1.61. The van der Waals surface area contributed by atoms with Gasteiger partial charge in [0.15, 0.2) is 0 Å². The first-order valence-electron chi connectivity index (χ1n) is 6.35. The van der Waals surface area contributed by atoms with E-state index in [1.54, 1.807) is 0 Å². The highest BCUT2D eigenvalue weighted by molar-refractivity contribution is 5.79. The molecule has 2 rings (SSSR count). The number of nitrogens with zero attached hydrogens (tertiary/aromatic N) is 1. The summed E-state index contributed by atoms with van der Waals surface area (Å²) in [7, 11) is 0. The molecule has 1 N–H and O–H groups in total. The Bertz CT molecular complexity index is 416. The van der Waals surface area contributed by atoms with Crippen molar-refractivity contribution in [2.24, 2.45) is 0 Å². The van der Waals surface area contributed by atoms with Gasteiger partial charge in [-0.1, -0.05) is 36.4 Å². The van der Waals surface area contributed by atoms with E-state index in [0.29, 0.717) is 6.42 Å². The molecule has 2 atom stereocenters. The molecular weight excluding hydrogens is 226 g/mol. The zero-order valence-electron chi connectivity index (χ0n) is 10.5. The lowest BCUT2D eigenvalue weighted by molar-refractivity contribution is -0.132. The highest BCUT2D eigenvalue weighted by Crippen LogP contribution is 2.31. The number of benzene rings is 1. The number of carbonyl (C=O) groups is 1. The third kappa shape index (κ3) is 2.46. The van der Waals surface area contributed by atoms with Gasteiger partial charge in [-0.05, 0) is 18.4 Å². The van der Waals surface area contributed by atoms with Crippen LogP contribution in [0.15, 0.2) is 43.0 Å². The van der Waals surface area contributed by atoms with Crippen LogP contribution in [0.25, 0.3) is 0 Å². The molecule has 3 heteroatoms. The van der Waals surface area contributed by atoms with Crippen molar-refractivity contribution < 1.29 is 9.90 Å². The van der Waals surface area contributed by atoms with Crippen LogP contribution in [0.3, 0.4) is 0 Å². The predicted octanol–water partition coefficient (Wildman–Crippen LogP) is 2.29. The first kappa shape index (κ1) is 12.8. The third-order valence-electron chi connectivity index (χ3n) is 3.50. The van der Waals surface area contributed by atoms with Gasteiger partial charge in [0.25, 0.3) is 0 Å². The first-order chi connectivity index (χ1) is 8.77. The number of carbonyl (C=O) groups excluding carboxylic acids is 1. The van der Waals surface area contributed by atoms with Crippen LogP contribution in [0.1, 0.15) is 30.9 Å². The molecule has 1 saturated heterocycles. The van der Waals surface area contributed by atoms with Crippen molar-refractivity contribution in [1.82, 2.24) is 4.90 Å². The Morgan fingerprint density at radius 1 is 1.44 bits per heavy atom. The molecule has 1 fully saturated rings. The normalized spacial score (nSPS) is 21.1. The van der Waals surface area contributed by atoms with Crippen molar-refractivity contribution in [3.63, 3.8) is 0 Å². The van der Waals surface area contributed by atoms with Gasteiger partial charge >= 0.3 is 0 Å². The molecule has 1 aliphatic heterocycles. The standard InChI is InChI=1S/C15H19NO2/c1-2-6-13-9-10-15(18)16(13)14(11-17)12-7-4-3-5-8-12/h2-5,7-8,13-14,17H,1,6,9-11H2/t13-,14-/m1/s1. The maximum atomic E-state index is 12.0. The van der Waals surface area contributed by atoms with E-state index in [0.717, 1.165) is 18.4 Å². The highest BCUT2D eigenvalue weighted by atomic mass is 16.3. The van der Waals surface area contributed by atoms with Crippen molar-refractivity contribution >= 4 is 5.91 Å². The van der Waals surface area contributed by atoms with E-state index in [4.69, 9.17) is 0 Å². The van der Waals surface area contributed by atoms with Crippen LogP contribution >= 0.6 is 0 Å². The van der Waals surface area contributed by atoms with Crippen LogP contribution in [-0.2, 0) is 4.79 Å². The number of likely N-dealkylation sites (tertiary alicyclic amines) is 1. The Morgan fingerprint density at radius 2 is 2.17 bits per heavy atom. The molecule has 0 saturated carbocycles. The topological polar surface area (TPSA) is 40.5 Å². The van der Waals surface area contributed by atoms with Crippen molar-refractivity contribution in [2.45, 2.75) is 31.3 Å². The molecule has 0 aliphatic carbocycles. The predicted molar refractivity (Wildman–Crippen MR) is 71.0 cm³/mol. The molecule has 0 spiro atoms. The van der Waals surface area contributed by atoms with Gasteiger partial charge < -0.3 is 10.0 Å². The summed E-state index contributed by atoms with van der Waals surface area (Å²) in [6, 6.07) is 9.65. The van der Waals surface area contributed by atoms with Gasteiger partial charge in [-0.15, -0.1) is 6.58 Å². The molecule has 0 aromatic heterocycles. The van der Waals surface area contributed by atoms with Gasteiger partial charge in [0.1, 0.15) is 0 Å². The van der Waals surface area contributed by atoms with E-state index in [1.165, 1.54) is 0 Å². The average molecular weight is 245 g/mol. The molecule has 3 nitrogen and oxygen atoms in total. The number of rotatable bonds is 5. The van der Waals surface area contributed by atoms with E-state index in [-0.39, 0.29) is 24.6 Å². The van der Waals surface area contributed by atoms with Gasteiger partial charge in [0, 0.05) is 12.5 Å². The summed E-state index contributed by atoms with van der Waals surface area (Å²) >= 11 is 0. The molecule has 1 aromatic rings. The molecule has 1 heterocycles. The van der Waals surface area contributed by atoms with E-state index in [2.05, 4.69) is 6.58 Å². The number of hydrogen-bond acceptors (Lipinski definition) is 2. The highest BCUT2D eigenvalue weighted by Gasteiger charge is 2.35. The Kier molecular flexibility index (Phi) is 4.15. The average Bonchev–Trinajstić information content (AvgIpc) is 2.75. The smallest absolute Gasteiger partial charge is 0.223 e. The SMILES string of the molecule is C=CC[C@@H]1CCC(=O)N1[C@H](CO)c1ccccc1. The summed E-state index contributed by atoms with van der Waals surface area (Å²) in [5.41, 5.74) is 0.990. The lowest BCUT2D eigenvalue weighted by Gasteiger charge is -2.32. The fourth-order valence-corrected chi connectivity index (χ4v) is 2.64. The number of hydrogen-bond donors (Lipinski definition) is 1. The second kappa shape index (κ2) is 5.83. The molecule has 1 aromatic carbocycles. The molecule has 0 unspecified atom stereocenters.